The third-order valence-electron chi connectivity index (χ3n) is 5.99. The van der Waals surface area contributed by atoms with Gasteiger partial charge in [0.15, 0.2) is 0 Å². The third-order valence-corrected chi connectivity index (χ3v) is 9.98. The second kappa shape index (κ2) is 19.4. The van der Waals surface area contributed by atoms with Crippen molar-refractivity contribution in [2.45, 2.75) is 19.5 Å². The summed E-state index contributed by atoms with van der Waals surface area (Å²) in [5.41, 5.74) is 0.680. The topological polar surface area (TPSA) is 0 Å². The summed E-state index contributed by atoms with van der Waals surface area (Å²) < 4.78 is 0. The summed E-state index contributed by atoms with van der Waals surface area (Å²) >= 11 is 3.35. The standard InChI is InChI=1S/C15H17P.C12H11P.C10H7.ClH.Ni/c1-13(2)16(14-9-5-3-6-10-14)15-11-7-4-8-12-15;1-3-7-11(8-4-1)13-12-9-5-2-6-10-12;1-2-6-10-8-4-3-7-9(10)5-1;;/h3-13H,1-2H3;1-10,13H;1-7H;1H;/q;;-1;;+1/p-1. The summed E-state index contributed by atoms with van der Waals surface area (Å²) in [6.07, 6.45) is 0. The molecule has 4 heteroatoms. The van der Waals surface area contributed by atoms with Gasteiger partial charge in [-0.05, 0) is 34.8 Å². The molecule has 211 valence electrons. The number of rotatable bonds is 5. The van der Waals surface area contributed by atoms with Crippen molar-refractivity contribution >= 4 is 58.7 Å². The van der Waals surface area contributed by atoms with Crippen molar-refractivity contribution in [1.29, 1.82) is 0 Å². The fourth-order valence-corrected chi connectivity index (χ4v) is 7.72. The first-order chi connectivity index (χ1) is 20.2. The molecule has 0 unspecified atom stereocenters. The van der Waals surface area contributed by atoms with E-state index >= 15 is 0 Å². The van der Waals surface area contributed by atoms with E-state index in [1.54, 1.807) is 0 Å². The molecule has 0 fully saturated rings. The molecule has 0 heterocycles. The summed E-state index contributed by atoms with van der Waals surface area (Å²) in [5, 5.41) is 8.18. The molecule has 0 amide bonds. The van der Waals surface area contributed by atoms with Crippen LogP contribution >= 0.6 is 26.7 Å². The quantitative estimate of drug-likeness (QED) is 0.101. The Bertz CT molecular complexity index is 1350. The predicted molar refractivity (Wildman–Crippen MR) is 183 cm³/mol. The van der Waals surface area contributed by atoms with Crippen LogP contribution in [-0.4, -0.2) is 5.66 Å². The normalized spacial score (nSPS) is 10.0. The molecule has 6 aromatic carbocycles. The Hall–Kier alpha value is -2.78. The van der Waals surface area contributed by atoms with Gasteiger partial charge in [0, 0.05) is 0 Å². The molecule has 0 aliphatic heterocycles. The largest absolute Gasteiger partial charge is 0.147 e. The van der Waals surface area contributed by atoms with Gasteiger partial charge in [0.1, 0.15) is 0 Å². The predicted octanol–water partition coefficient (Wildman–Crippen LogP) is 9.17. The molecular formula is C37H35ClNiP2-. The number of halogens is 1. The number of benzene rings is 6. The van der Waals surface area contributed by atoms with Crippen LogP contribution in [0.4, 0.5) is 0 Å². The second-order valence-electron chi connectivity index (χ2n) is 9.25. The van der Waals surface area contributed by atoms with Gasteiger partial charge in [0.25, 0.3) is 0 Å². The Kier molecular flexibility index (Phi) is 15.5. The molecule has 0 aliphatic carbocycles. The number of hydrogen-bond acceptors (Lipinski definition) is 0. The average molecular weight is 636 g/mol. The first-order valence-corrected chi connectivity index (χ1v) is 17.2. The van der Waals surface area contributed by atoms with Crippen LogP contribution < -0.4 is 21.2 Å². The average Bonchev–Trinajstić information content (AvgIpc) is 3.05. The van der Waals surface area contributed by atoms with Crippen molar-refractivity contribution in [3.63, 3.8) is 0 Å². The maximum Gasteiger partial charge on any atom is -0.0226 e. The van der Waals surface area contributed by atoms with Gasteiger partial charge in [-0.2, -0.15) is 0 Å². The smallest absolute Gasteiger partial charge is 0.0226 e. The fourth-order valence-electron chi connectivity index (χ4n) is 4.20. The Morgan fingerprint density at radius 3 is 1.37 bits per heavy atom. The molecule has 0 nitrogen and oxygen atoms in total. The Balaban J connectivity index is 0.000000168. The van der Waals surface area contributed by atoms with Crippen LogP contribution in [0.25, 0.3) is 10.8 Å². The molecule has 0 N–H and O–H groups in total. The van der Waals surface area contributed by atoms with Crippen molar-refractivity contribution in [2.24, 2.45) is 0 Å². The van der Waals surface area contributed by atoms with E-state index in [2.05, 4.69) is 184 Å². The molecule has 0 bridgehead atoms. The first kappa shape index (κ1) is 32.7. The van der Waals surface area contributed by atoms with Crippen LogP contribution in [0.3, 0.4) is 0 Å². The summed E-state index contributed by atoms with van der Waals surface area (Å²) in [6.45, 7) is 4.62. The minimum absolute atomic E-state index is 0.210. The Labute approximate surface area is 261 Å². The van der Waals surface area contributed by atoms with E-state index < -0.39 is 0 Å². The van der Waals surface area contributed by atoms with E-state index in [1.807, 2.05) is 24.3 Å². The fraction of sp³-hybridized carbons (Fsp3) is 0.0811. The zero-order chi connectivity index (χ0) is 29.1. The third kappa shape index (κ3) is 11.6. The minimum atomic E-state index is -0.210. The van der Waals surface area contributed by atoms with E-state index in [4.69, 9.17) is 0 Å². The molecular weight excluding hydrogens is 601 g/mol. The molecule has 0 atom stereocenters. The van der Waals surface area contributed by atoms with Gasteiger partial charge in [0.2, 0.25) is 0 Å². The summed E-state index contributed by atoms with van der Waals surface area (Å²) in [5.74, 6) is 0. The van der Waals surface area contributed by atoms with E-state index in [0.29, 0.717) is 5.66 Å². The zero-order valence-electron chi connectivity index (χ0n) is 23.3. The summed E-state index contributed by atoms with van der Waals surface area (Å²) in [6, 6.07) is 60.3. The Morgan fingerprint density at radius 2 is 0.927 bits per heavy atom. The summed E-state index contributed by atoms with van der Waals surface area (Å²) in [4.78, 5) is 0. The van der Waals surface area contributed by atoms with Gasteiger partial charge >= 0.3 is 24.8 Å². The van der Waals surface area contributed by atoms with E-state index in [0.717, 1.165) is 8.58 Å². The van der Waals surface area contributed by atoms with Gasteiger partial charge in [-0.25, -0.2) is 0 Å². The van der Waals surface area contributed by atoms with Crippen LogP contribution in [0, 0.1) is 6.07 Å². The van der Waals surface area contributed by atoms with Gasteiger partial charge in [-0.1, -0.05) is 156 Å². The van der Waals surface area contributed by atoms with Crippen molar-refractivity contribution in [3.05, 3.63) is 170 Å². The number of hydrogen-bond donors (Lipinski definition) is 0. The van der Waals surface area contributed by atoms with Gasteiger partial charge < -0.3 is 0 Å². The SMILES string of the molecule is CC(C)P(c1ccccc1)c1ccccc1.[Cl][Ni].[c-]1cccc2ccccc12.c1ccc(Pc2ccccc2)cc1. The monoisotopic (exact) mass is 634 g/mol. The second-order valence-corrected chi connectivity index (χ2v) is 13.5. The van der Waals surface area contributed by atoms with E-state index in [-0.39, 0.29) is 7.92 Å². The van der Waals surface area contributed by atoms with Gasteiger partial charge in [0.05, 0.1) is 0 Å². The van der Waals surface area contributed by atoms with Crippen LogP contribution in [0.5, 0.6) is 0 Å². The van der Waals surface area contributed by atoms with Crippen molar-refractivity contribution < 1.29 is 14.6 Å². The molecule has 0 aromatic heterocycles. The minimum Gasteiger partial charge on any atom is -0.147 e. The van der Waals surface area contributed by atoms with Crippen LogP contribution in [-0.2, 0) is 14.6 Å². The van der Waals surface area contributed by atoms with E-state index in [1.165, 1.54) is 32.0 Å². The van der Waals surface area contributed by atoms with Crippen LogP contribution in [0.1, 0.15) is 13.8 Å². The molecule has 6 aromatic rings. The maximum atomic E-state index is 4.26. The van der Waals surface area contributed by atoms with E-state index in [9.17, 15) is 0 Å². The zero-order valence-corrected chi connectivity index (χ0v) is 26.9. The van der Waals surface area contributed by atoms with Crippen LogP contribution in [0.2, 0.25) is 0 Å². The molecule has 6 rings (SSSR count). The van der Waals surface area contributed by atoms with Gasteiger partial charge in [-0.3, -0.25) is 0 Å². The van der Waals surface area contributed by atoms with Crippen molar-refractivity contribution in [3.8, 4) is 0 Å². The molecule has 0 radical (unpaired) electrons. The summed E-state index contributed by atoms with van der Waals surface area (Å²) in [7, 11) is 4.83. The molecule has 0 saturated heterocycles. The van der Waals surface area contributed by atoms with Crippen molar-refractivity contribution in [1.82, 2.24) is 0 Å². The maximum absolute atomic E-state index is 4.26. The molecule has 0 saturated carbocycles. The van der Waals surface area contributed by atoms with Crippen molar-refractivity contribution in [2.75, 3.05) is 0 Å². The number of fused-ring (bicyclic) bond motifs is 1. The van der Waals surface area contributed by atoms with Gasteiger partial charge in [-0.15, -0.1) is 47.2 Å². The molecule has 0 aliphatic rings. The first-order valence-electron chi connectivity index (χ1n) is 13.4. The van der Waals surface area contributed by atoms with Crippen LogP contribution in [0.15, 0.2) is 164 Å². The molecule has 0 spiro atoms. The molecule has 41 heavy (non-hydrogen) atoms. The Morgan fingerprint density at radius 1 is 0.537 bits per heavy atom.